The molecule has 0 unspecified atom stereocenters. The first kappa shape index (κ1) is 17.0. The van der Waals surface area contributed by atoms with Crippen molar-refractivity contribution in [2.75, 3.05) is 13.1 Å². The number of benzene rings is 1. The predicted molar refractivity (Wildman–Crippen MR) is 92.8 cm³/mol. The third kappa shape index (κ3) is 3.43. The fraction of sp³-hybridized carbons (Fsp3) is 0.526. The summed E-state index contributed by atoms with van der Waals surface area (Å²) in [5.74, 6) is 0.267. The Morgan fingerprint density at radius 1 is 1.15 bits per heavy atom. The Hall–Kier alpha value is -2.44. The number of hydrogen-bond donors (Lipinski definition) is 0. The number of amides is 1. The van der Waals surface area contributed by atoms with Crippen LogP contribution >= 0.6 is 0 Å². The second-order valence-corrected chi connectivity index (χ2v) is 7.27. The van der Waals surface area contributed by atoms with Crippen LogP contribution in [-0.4, -0.2) is 33.7 Å². The normalized spacial score (nSPS) is 22.9. The third-order valence-electron chi connectivity index (χ3n) is 5.63. The van der Waals surface area contributed by atoms with Crippen molar-refractivity contribution >= 4 is 5.91 Å². The van der Waals surface area contributed by atoms with Crippen LogP contribution in [0.1, 0.15) is 32.1 Å². The van der Waals surface area contributed by atoms with E-state index in [4.69, 9.17) is 4.42 Å². The van der Waals surface area contributed by atoms with Gasteiger partial charge in [0, 0.05) is 18.7 Å². The van der Waals surface area contributed by atoms with Crippen LogP contribution in [0.15, 0.2) is 33.5 Å². The van der Waals surface area contributed by atoms with Gasteiger partial charge in [-0.1, -0.05) is 19.3 Å². The molecule has 0 radical (unpaired) electrons. The maximum Gasteiger partial charge on any atom is 0.437 e. The van der Waals surface area contributed by atoms with Crippen molar-refractivity contribution in [2.45, 2.75) is 38.6 Å². The Labute approximate surface area is 150 Å². The molecule has 26 heavy (non-hydrogen) atoms. The highest BCUT2D eigenvalue weighted by molar-refractivity contribution is 5.76. The topological polar surface area (TPSA) is 68.3 Å². The molecule has 1 aliphatic carbocycles. The zero-order valence-electron chi connectivity index (χ0n) is 14.6. The molecule has 2 heterocycles. The summed E-state index contributed by atoms with van der Waals surface area (Å²) < 4.78 is 19.2. The first-order valence-electron chi connectivity index (χ1n) is 9.22. The largest absolute Gasteiger partial charge is 0.437 e. The van der Waals surface area contributed by atoms with Gasteiger partial charge in [-0.05, 0) is 48.9 Å². The fourth-order valence-corrected chi connectivity index (χ4v) is 4.17. The monoisotopic (exact) mass is 359 g/mol. The van der Waals surface area contributed by atoms with E-state index in [9.17, 15) is 14.0 Å². The van der Waals surface area contributed by atoms with Crippen molar-refractivity contribution < 1.29 is 13.6 Å². The lowest BCUT2D eigenvalue weighted by molar-refractivity contribution is -0.135. The van der Waals surface area contributed by atoms with E-state index in [-0.39, 0.29) is 24.2 Å². The molecule has 2 fully saturated rings. The quantitative estimate of drug-likeness (QED) is 0.845. The molecule has 7 heteroatoms. The second kappa shape index (κ2) is 7.05. The number of hydrogen-bond acceptors (Lipinski definition) is 4. The number of halogens is 1. The molecule has 1 amide bonds. The Bertz CT molecular complexity index is 842. The van der Waals surface area contributed by atoms with E-state index in [1.165, 1.54) is 49.9 Å². The number of rotatable bonds is 3. The summed E-state index contributed by atoms with van der Waals surface area (Å²) >= 11 is 0. The SMILES string of the molecule is O=C(Cn1nc(-c2ccc(F)cc2)oc1=O)N1CC[C@@H]2CCCC[C@H]2C1. The Morgan fingerprint density at radius 3 is 2.65 bits per heavy atom. The van der Waals surface area contributed by atoms with Gasteiger partial charge in [0.2, 0.25) is 11.8 Å². The number of piperidine rings is 1. The van der Waals surface area contributed by atoms with Gasteiger partial charge in [-0.15, -0.1) is 5.10 Å². The number of fused-ring (bicyclic) bond motifs is 1. The van der Waals surface area contributed by atoms with E-state index in [1.54, 1.807) is 0 Å². The first-order chi connectivity index (χ1) is 12.6. The summed E-state index contributed by atoms with van der Waals surface area (Å²) in [6, 6.07) is 5.52. The standard InChI is InChI=1S/C19H22FN3O3/c20-16-7-5-14(6-8-16)18-21-23(19(25)26-18)12-17(24)22-10-9-13-3-1-2-4-15(13)11-22/h5-8,13,15H,1-4,9-12H2/t13-,15-/m0/s1. The molecule has 6 nitrogen and oxygen atoms in total. The minimum absolute atomic E-state index is 0.0915. The molecular formula is C19H22FN3O3. The maximum absolute atomic E-state index is 13.0. The summed E-state index contributed by atoms with van der Waals surface area (Å²) in [4.78, 5) is 26.5. The lowest BCUT2D eigenvalue weighted by Gasteiger charge is -2.41. The van der Waals surface area contributed by atoms with Crippen molar-refractivity contribution in [3.05, 3.63) is 40.6 Å². The van der Waals surface area contributed by atoms with Gasteiger partial charge in [0.1, 0.15) is 12.4 Å². The van der Waals surface area contributed by atoms with Crippen molar-refractivity contribution in [1.82, 2.24) is 14.7 Å². The van der Waals surface area contributed by atoms with Gasteiger partial charge < -0.3 is 9.32 Å². The van der Waals surface area contributed by atoms with Gasteiger partial charge in [-0.25, -0.2) is 9.18 Å². The minimum Gasteiger partial charge on any atom is -0.388 e. The molecule has 1 saturated heterocycles. The van der Waals surface area contributed by atoms with Crippen LogP contribution < -0.4 is 5.76 Å². The van der Waals surface area contributed by atoms with E-state index in [1.807, 2.05) is 4.90 Å². The van der Waals surface area contributed by atoms with Crippen molar-refractivity contribution in [2.24, 2.45) is 11.8 Å². The van der Waals surface area contributed by atoms with E-state index in [2.05, 4.69) is 5.10 Å². The summed E-state index contributed by atoms with van der Waals surface area (Å²) in [6.07, 6.45) is 6.05. The second-order valence-electron chi connectivity index (χ2n) is 7.27. The van der Waals surface area contributed by atoms with E-state index in [0.29, 0.717) is 11.5 Å². The molecule has 0 bridgehead atoms. The number of aromatic nitrogens is 2. The van der Waals surface area contributed by atoms with Crippen molar-refractivity contribution in [3.63, 3.8) is 0 Å². The van der Waals surface area contributed by atoms with Crippen LogP contribution in [0.25, 0.3) is 11.5 Å². The lowest BCUT2D eigenvalue weighted by atomic mass is 9.75. The molecule has 2 aliphatic rings. The van der Waals surface area contributed by atoms with Gasteiger partial charge in [-0.3, -0.25) is 4.79 Å². The smallest absolute Gasteiger partial charge is 0.388 e. The summed E-state index contributed by atoms with van der Waals surface area (Å²) in [6.45, 7) is 1.40. The highest BCUT2D eigenvalue weighted by atomic mass is 19.1. The lowest BCUT2D eigenvalue weighted by Crippen LogP contribution is -2.46. The third-order valence-corrected chi connectivity index (χ3v) is 5.63. The molecule has 0 spiro atoms. The Balaban J connectivity index is 1.44. The molecule has 1 saturated carbocycles. The first-order valence-corrected chi connectivity index (χ1v) is 9.22. The molecule has 138 valence electrons. The van der Waals surface area contributed by atoms with Gasteiger partial charge >= 0.3 is 5.76 Å². The average Bonchev–Trinajstić information content (AvgIpc) is 3.02. The maximum atomic E-state index is 13.0. The number of nitrogens with zero attached hydrogens (tertiary/aromatic N) is 3. The number of carbonyl (C=O) groups is 1. The molecule has 0 N–H and O–H groups in total. The highest BCUT2D eigenvalue weighted by Gasteiger charge is 2.33. The van der Waals surface area contributed by atoms with E-state index >= 15 is 0 Å². The van der Waals surface area contributed by atoms with Crippen LogP contribution in [0.5, 0.6) is 0 Å². The minimum atomic E-state index is -0.676. The molecular weight excluding hydrogens is 337 g/mol. The van der Waals surface area contributed by atoms with Crippen LogP contribution in [0.3, 0.4) is 0 Å². The number of likely N-dealkylation sites (tertiary alicyclic amines) is 1. The molecule has 1 aliphatic heterocycles. The van der Waals surface area contributed by atoms with E-state index < -0.39 is 5.76 Å². The van der Waals surface area contributed by atoms with E-state index in [0.717, 1.165) is 30.1 Å². The summed E-state index contributed by atoms with van der Waals surface area (Å²) in [5, 5.41) is 4.09. The van der Waals surface area contributed by atoms with Gasteiger partial charge in [-0.2, -0.15) is 4.68 Å². The van der Waals surface area contributed by atoms with Crippen molar-refractivity contribution in [3.8, 4) is 11.5 Å². The van der Waals surface area contributed by atoms with Crippen LogP contribution in [0.4, 0.5) is 4.39 Å². The molecule has 1 aromatic heterocycles. The van der Waals surface area contributed by atoms with Gasteiger partial charge in [0.15, 0.2) is 0 Å². The van der Waals surface area contributed by atoms with Crippen LogP contribution in [0.2, 0.25) is 0 Å². The Kier molecular flexibility index (Phi) is 4.61. The summed E-state index contributed by atoms with van der Waals surface area (Å²) in [5.41, 5.74) is 0.498. The van der Waals surface area contributed by atoms with Crippen LogP contribution in [0, 0.1) is 17.7 Å². The average molecular weight is 359 g/mol. The van der Waals surface area contributed by atoms with Crippen molar-refractivity contribution in [1.29, 1.82) is 0 Å². The zero-order chi connectivity index (χ0) is 18.1. The molecule has 2 atom stereocenters. The predicted octanol–water partition coefficient (Wildman–Crippen LogP) is 2.68. The zero-order valence-corrected chi connectivity index (χ0v) is 14.6. The van der Waals surface area contributed by atoms with Gasteiger partial charge in [0.05, 0.1) is 0 Å². The molecule has 4 rings (SSSR count). The molecule has 1 aromatic carbocycles. The number of carbonyl (C=O) groups excluding carboxylic acids is 1. The summed E-state index contributed by atoms with van der Waals surface area (Å²) in [7, 11) is 0. The Morgan fingerprint density at radius 2 is 1.88 bits per heavy atom. The fourth-order valence-electron chi connectivity index (χ4n) is 4.17. The molecule has 2 aromatic rings. The highest BCUT2D eigenvalue weighted by Crippen LogP contribution is 2.36. The van der Waals surface area contributed by atoms with Crippen LogP contribution in [-0.2, 0) is 11.3 Å². The van der Waals surface area contributed by atoms with Gasteiger partial charge in [0.25, 0.3) is 0 Å².